The summed E-state index contributed by atoms with van der Waals surface area (Å²) in [5.74, 6) is -2.24. The average Bonchev–Trinajstić information content (AvgIpc) is 3.06. The van der Waals surface area contributed by atoms with Gasteiger partial charge in [-0.1, -0.05) is 23.9 Å². The molecular weight excluding hydrogens is 662 g/mol. The summed E-state index contributed by atoms with van der Waals surface area (Å²) in [4.78, 5) is 10.9. The van der Waals surface area contributed by atoms with Crippen LogP contribution in [0.5, 0.6) is 5.75 Å². The van der Waals surface area contributed by atoms with Gasteiger partial charge in [0.15, 0.2) is 0 Å². The molecule has 0 atom stereocenters. The number of carbonyl (C=O) groups is 1. The number of nitrogens with two attached hydrogens (primary N) is 2. The van der Waals surface area contributed by atoms with Crippen LogP contribution in [0.15, 0.2) is 121 Å². The van der Waals surface area contributed by atoms with Gasteiger partial charge in [0.1, 0.15) is 11.4 Å². The third kappa shape index (κ3) is 9.56. The number of carboxylic acid groups (broad SMARTS) is 1. The Morgan fingerprint density at radius 2 is 1.14 bits per heavy atom. The molecule has 248 valence electrons. The largest absolute Gasteiger partial charge is 1.00 e. The second-order valence-electron chi connectivity index (χ2n) is 10.9. The number of carboxylic acids is 1. The molecule has 0 saturated heterocycles. The molecule has 17 heteroatoms. The van der Waals surface area contributed by atoms with E-state index < -0.39 is 27.4 Å². The number of carbonyl (C=O) groups excluding carboxylic acids is 1. The SMILES string of the molecule is Cc1cc(-c2ccc(N=Nc3c(N)c(C)cc(N=Nc4ccc(S(=O)(=O)O)cc4)c3N)c(C)c2)ccc1N=Nc1ccc([O-])c(C(=O)[O-])c1.[Li+].[Li+]. The van der Waals surface area contributed by atoms with Crippen LogP contribution in [0.25, 0.3) is 11.1 Å². The zero-order chi connectivity index (χ0) is 35.5. The van der Waals surface area contributed by atoms with Crippen LogP contribution in [0, 0.1) is 20.8 Å². The number of anilines is 2. The van der Waals surface area contributed by atoms with E-state index in [0.717, 1.165) is 34.4 Å². The molecule has 5 N–H and O–H groups in total. The van der Waals surface area contributed by atoms with Crippen LogP contribution in [0.1, 0.15) is 27.0 Å². The summed E-state index contributed by atoms with van der Waals surface area (Å²) < 4.78 is 31.7. The predicted octanol–water partition coefficient (Wildman–Crippen LogP) is 1.38. The van der Waals surface area contributed by atoms with Crippen LogP contribution in [-0.2, 0) is 10.1 Å². The maximum absolute atomic E-state index is 11.7. The minimum atomic E-state index is -4.33. The molecule has 0 aliphatic carbocycles. The van der Waals surface area contributed by atoms with Gasteiger partial charge in [0.05, 0.1) is 45.0 Å². The van der Waals surface area contributed by atoms with E-state index in [2.05, 4.69) is 30.7 Å². The van der Waals surface area contributed by atoms with Crippen molar-refractivity contribution < 1.29 is 65.7 Å². The Kier molecular flexibility index (Phi) is 13.2. The normalized spacial score (nSPS) is 11.5. The first-order valence-corrected chi connectivity index (χ1v) is 15.9. The number of hydrogen-bond donors (Lipinski definition) is 3. The molecule has 0 aromatic heterocycles. The van der Waals surface area contributed by atoms with E-state index in [9.17, 15) is 23.4 Å². The first-order valence-electron chi connectivity index (χ1n) is 14.5. The molecule has 0 heterocycles. The standard InChI is InChI=1S/C34H30N8O6S.2Li/c1-18-14-21(4-11-27(18)39-38-24-8-13-30(43)26(17-24)34(44)45)22-5-12-28(19(2)15-22)40-42-33-31(35)20(3)16-29(32(33)36)41-37-23-6-9-25(10-7-23)49(46,47)48;;/h4-17,43H,35-36H2,1-3H3,(H,44,45)(H,46,47,48);;/q;2*+1/p-2. The van der Waals surface area contributed by atoms with E-state index in [1.165, 1.54) is 30.3 Å². The van der Waals surface area contributed by atoms with E-state index in [-0.39, 0.29) is 65.4 Å². The Morgan fingerprint density at radius 3 is 1.67 bits per heavy atom. The molecule has 5 aromatic rings. The van der Waals surface area contributed by atoms with E-state index in [4.69, 9.17) is 16.0 Å². The monoisotopic (exact) mass is 690 g/mol. The maximum Gasteiger partial charge on any atom is 1.00 e. The Labute approximate surface area is 317 Å². The van der Waals surface area contributed by atoms with Crippen molar-refractivity contribution in [1.29, 1.82) is 0 Å². The van der Waals surface area contributed by atoms with Crippen molar-refractivity contribution in [1.82, 2.24) is 0 Å². The van der Waals surface area contributed by atoms with E-state index in [1.54, 1.807) is 19.1 Å². The van der Waals surface area contributed by atoms with Crippen LogP contribution in [0.4, 0.5) is 45.5 Å². The van der Waals surface area contributed by atoms with Gasteiger partial charge in [-0.3, -0.25) is 4.55 Å². The summed E-state index contributed by atoms with van der Waals surface area (Å²) in [5, 5.41) is 48.1. The topological polar surface area (TPSA) is 244 Å². The molecule has 0 aliphatic rings. The molecule has 0 radical (unpaired) electrons. The number of nitrogen functional groups attached to an aromatic ring is 2. The van der Waals surface area contributed by atoms with Crippen molar-refractivity contribution in [3.63, 3.8) is 0 Å². The molecule has 0 fully saturated rings. The smallest absolute Gasteiger partial charge is 0.872 e. The molecular formula is C34H28Li2N8O6S. The number of rotatable bonds is 9. The van der Waals surface area contributed by atoms with Crippen molar-refractivity contribution in [3.8, 4) is 16.9 Å². The molecule has 0 saturated carbocycles. The zero-order valence-electron chi connectivity index (χ0n) is 28.3. The number of hydrogen-bond acceptors (Lipinski definition) is 13. The summed E-state index contributed by atoms with van der Waals surface area (Å²) in [6.45, 7) is 5.52. The minimum Gasteiger partial charge on any atom is -0.872 e. The van der Waals surface area contributed by atoms with Crippen LogP contribution < -0.4 is 59.4 Å². The third-order valence-electron chi connectivity index (χ3n) is 7.41. The Bertz CT molecular complexity index is 2320. The van der Waals surface area contributed by atoms with E-state index >= 15 is 0 Å². The summed E-state index contributed by atoms with van der Waals surface area (Å²) in [6, 6.07) is 21.7. The zero-order valence-corrected chi connectivity index (χ0v) is 29.1. The molecule has 0 amide bonds. The summed E-state index contributed by atoms with van der Waals surface area (Å²) in [6.07, 6.45) is 0. The maximum atomic E-state index is 11.7. The molecule has 5 rings (SSSR count). The third-order valence-corrected chi connectivity index (χ3v) is 8.28. The van der Waals surface area contributed by atoms with Gasteiger partial charge in [0, 0.05) is 0 Å². The number of benzene rings is 5. The van der Waals surface area contributed by atoms with Crippen molar-refractivity contribution in [2.45, 2.75) is 25.7 Å². The molecule has 14 nitrogen and oxygen atoms in total. The van der Waals surface area contributed by atoms with Crippen LogP contribution in [-0.4, -0.2) is 18.9 Å². The predicted molar refractivity (Wildman–Crippen MR) is 180 cm³/mol. The van der Waals surface area contributed by atoms with Gasteiger partial charge >= 0.3 is 37.7 Å². The fourth-order valence-corrected chi connectivity index (χ4v) is 5.13. The first-order chi connectivity index (χ1) is 23.2. The van der Waals surface area contributed by atoms with Gasteiger partial charge in [-0.05, 0) is 121 Å². The first kappa shape index (κ1) is 40.3. The number of nitrogens with zero attached hydrogens (tertiary/aromatic N) is 6. The molecule has 0 bridgehead atoms. The second-order valence-corrected chi connectivity index (χ2v) is 12.3. The number of aryl methyl sites for hydroxylation is 3. The summed E-state index contributed by atoms with van der Waals surface area (Å²) in [7, 11) is -4.33. The van der Waals surface area contributed by atoms with Gasteiger partial charge in [-0.15, -0.1) is 10.2 Å². The molecule has 0 aliphatic heterocycles. The molecule has 0 spiro atoms. The minimum absolute atomic E-state index is 0. The van der Waals surface area contributed by atoms with E-state index in [0.29, 0.717) is 28.3 Å². The van der Waals surface area contributed by atoms with Crippen molar-refractivity contribution >= 4 is 61.6 Å². The van der Waals surface area contributed by atoms with Crippen molar-refractivity contribution in [3.05, 3.63) is 107 Å². The quantitative estimate of drug-likeness (QED) is 0.0881. The molecule has 51 heavy (non-hydrogen) atoms. The van der Waals surface area contributed by atoms with Gasteiger partial charge in [0.2, 0.25) is 0 Å². The van der Waals surface area contributed by atoms with Crippen LogP contribution in [0.2, 0.25) is 0 Å². The van der Waals surface area contributed by atoms with Gasteiger partial charge in [-0.25, -0.2) is 0 Å². The van der Waals surface area contributed by atoms with E-state index in [1.807, 2.05) is 44.2 Å². The van der Waals surface area contributed by atoms with Crippen molar-refractivity contribution in [2.24, 2.45) is 30.7 Å². The van der Waals surface area contributed by atoms with Gasteiger partial charge in [-0.2, -0.15) is 28.9 Å². The Hall–Kier alpha value is -5.13. The van der Waals surface area contributed by atoms with Crippen LogP contribution in [0.3, 0.4) is 0 Å². The molecule has 5 aromatic carbocycles. The average molecular weight is 691 g/mol. The molecule has 0 unspecified atom stereocenters. The number of azo groups is 3. The van der Waals surface area contributed by atoms with Gasteiger partial charge in [0.25, 0.3) is 10.1 Å². The fourth-order valence-electron chi connectivity index (χ4n) is 4.65. The van der Waals surface area contributed by atoms with Crippen LogP contribution >= 0.6 is 0 Å². The summed E-state index contributed by atoms with van der Waals surface area (Å²) in [5.41, 5.74) is 18.9. The van der Waals surface area contributed by atoms with Gasteiger partial charge < -0.3 is 26.5 Å². The van der Waals surface area contributed by atoms with Crippen molar-refractivity contribution in [2.75, 3.05) is 11.5 Å². The summed E-state index contributed by atoms with van der Waals surface area (Å²) >= 11 is 0. The Balaban J connectivity index is 0.00000351. The fraction of sp³-hybridized carbons (Fsp3) is 0.0882. The second kappa shape index (κ2) is 16.7. The number of aromatic carboxylic acids is 1. The Morgan fingerprint density at radius 1 is 0.627 bits per heavy atom.